The summed E-state index contributed by atoms with van der Waals surface area (Å²) in [4.78, 5) is 13.1. The summed E-state index contributed by atoms with van der Waals surface area (Å²) in [6, 6.07) is 0.336. The summed E-state index contributed by atoms with van der Waals surface area (Å²) >= 11 is 0. The van der Waals surface area contributed by atoms with Gasteiger partial charge < -0.3 is 4.74 Å². The number of carbonyl (C=O) groups excluding carboxylic acids is 1. The number of nitrogens with zero attached hydrogens (tertiary/aromatic N) is 1. The molecule has 0 radical (unpaired) electrons. The monoisotopic (exact) mass is 185 g/mol. The van der Waals surface area contributed by atoms with Crippen molar-refractivity contribution in [3.05, 3.63) is 12.7 Å². The van der Waals surface area contributed by atoms with Gasteiger partial charge in [0.15, 0.2) is 0 Å². The van der Waals surface area contributed by atoms with Crippen molar-refractivity contribution in [3.63, 3.8) is 0 Å². The lowest BCUT2D eigenvalue weighted by Crippen LogP contribution is -2.36. The van der Waals surface area contributed by atoms with Crippen LogP contribution in [0.25, 0.3) is 0 Å². The predicted octanol–water partition coefficient (Wildman–Crippen LogP) is 1.45. The van der Waals surface area contributed by atoms with Crippen LogP contribution < -0.4 is 0 Å². The van der Waals surface area contributed by atoms with Gasteiger partial charge in [-0.1, -0.05) is 6.08 Å². The quantitative estimate of drug-likeness (QED) is 0.463. The standard InChI is InChI=1S/C10H19NO2/c1-5-7-11(9(3)4)8-10(12)13-6-2/h5,9H,1,6-8H2,2-4H3. The zero-order chi connectivity index (χ0) is 10.3. The molecule has 0 aliphatic rings. The van der Waals surface area contributed by atoms with Crippen molar-refractivity contribution in [2.45, 2.75) is 26.8 Å². The third-order valence-electron chi connectivity index (χ3n) is 1.73. The van der Waals surface area contributed by atoms with Crippen LogP contribution in [-0.2, 0) is 9.53 Å². The van der Waals surface area contributed by atoms with Gasteiger partial charge in [-0.15, -0.1) is 6.58 Å². The second kappa shape index (κ2) is 6.66. The number of hydrogen-bond donors (Lipinski definition) is 0. The molecule has 13 heavy (non-hydrogen) atoms. The second-order valence-corrected chi connectivity index (χ2v) is 3.12. The third-order valence-corrected chi connectivity index (χ3v) is 1.73. The van der Waals surface area contributed by atoms with E-state index in [-0.39, 0.29) is 5.97 Å². The zero-order valence-electron chi connectivity index (χ0n) is 8.75. The van der Waals surface area contributed by atoms with Crippen LogP contribution in [-0.4, -0.2) is 36.6 Å². The smallest absolute Gasteiger partial charge is 0.320 e. The van der Waals surface area contributed by atoms with Gasteiger partial charge in [-0.25, -0.2) is 0 Å². The van der Waals surface area contributed by atoms with Crippen LogP contribution in [0, 0.1) is 0 Å². The van der Waals surface area contributed by atoms with E-state index in [9.17, 15) is 4.79 Å². The van der Waals surface area contributed by atoms with Crippen molar-refractivity contribution in [1.29, 1.82) is 0 Å². The summed E-state index contributed by atoms with van der Waals surface area (Å²) in [6.45, 7) is 11.0. The molecule has 0 N–H and O–H groups in total. The first-order valence-electron chi connectivity index (χ1n) is 4.62. The average molecular weight is 185 g/mol. The van der Waals surface area contributed by atoms with Crippen LogP contribution in [0.3, 0.4) is 0 Å². The molecule has 0 bridgehead atoms. The summed E-state index contributed by atoms with van der Waals surface area (Å²) in [5, 5.41) is 0. The Kier molecular flexibility index (Phi) is 6.24. The Morgan fingerprint density at radius 1 is 1.62 bits per heavy atom. The van der Waals surface area contributed by atoms with E-state index in [1.54, 1.807) is 6.08 Å². The summed E-state index contributed by atoms with van der Waals surface area (Å²) < 4.78 is 4.85. The molecule has 0 aromatic carbocycles. The molecule has 0 saturated carbocycles. The maximum absolute atomic E-state index is 11.1. The maximum Gasteiger partial charge on any atom is 0.320 e. The number of carbonyl (C=O) groups is 1. The van der Waals surface area contributed by atoms with Crippen LogP contribution in [0.5, 0.6) is 0 Å². The van der Waals surface area contributed by atoms with Gasteiger partial charge in [0.2, 0.25) is 0 Å². The molecule has 0 amide bonds. The molecule has 0 fully saturated rings. The molecule has 0 aromatic rings. The summed E-state index contributed by atoms with van der Waals surface area (Å²) in [5.41, 5.74) is 0. The normalized spacial score (nSPS) is 10.5. The first-order valence-corrected chi connectivity index (χ1v) is 4.62. The molecule has 0 rings (SSSR count). The molecule has 0 heterocycles. The van der Waals surface area contributed by atoms with Crippen molar-refractivity contribution in [1.82, 2.24) is 4.90 Å². The van der Waals surface area contributed by atoms with Gasteiger partial charge in [-0.2, -0.15) is 0 Å². The molecule has 0 unspecified atom stereocenters. The second-order valence-electron chi connectivity index (χ2n) is 3.12. The van der Waals surface area contributed by atoms with Crippen LogP contribution in [0.2, 0.25) is 0 Å². The van der Waals surface area contributed by atoms with Crippen LogP contribution in [0.4, 0.5) is 0 Å². The zero-order valence-corrected chi connectivity index (χ0v) is 8.75. The van der Waals surface area contributed by atoms with Crippen LogP contribution >= 0.6 is 0 Å². The highest BCUT2D eigenvalue weighted by molar-refractivity contribution is 5.71. The van der Waals surface area contributed by atoms with Gasteiger partial charge >= 0.3 is 5.97 Å². The Morgan fingerprint density at radius 2 is 2.23 bits per heavy atom. The third kappa shape index (κ3) is 5.42. The maximum atomic E-state index is 11.1. The Hall–Kier alpha value is -0.830. The minimum Gasteiger partial charge on any atom is -0.465 e. The van der Waals surface area contributed by atoms with Crippen molar-refractivity contribution >= 4 is 5.97 Å². The summed E-state index contributed by atoms with van der Waals surface area (Å²) in [5.74, 6) is -0.168. The molecule has 0 aromatic heterocycles. The number of esters is 1. The van der Waals surface area contributed by atoms with E-state index in [1.807, 2.05) is 25.7 Å². The fraction of sp³-hybridized carbons (Fsp3) is 0.700. The SMILES string of the molecule is C=CCN(CC(=O)OCC)C(C)C. The largest absolute Gasteiger partial charge is 0.465 e. The molecule has 3 heteroatoms. The molecular weight excluding hydrogens is 166 g/mol. The summed E-state index contributed by atoms with van der Waals surface area (Å²) in [6.07, 6.45) is 1.79. The van der Waals surface area contributed by atoms with Gasteiger partial charge in [-0.3, -0.25) is 9.69 Å². The fourth-order valence-corrected chi connectivity index (χ4v) is 0.996. The molecule has 3 nitrogen and oxygen atoms in total. The van der Waals surface area contributed by atoms with E-state index < -0.39 is 0 Å². The molecule has 0 aliphatic carbocycles. The van der Waals surface area contributed by atoms with Crippen molar-refractivity contribution in [3.8, 4) is 0 Å². The molecule has 0 spiro atoms. The van der Waals surface area contributed by atoms with Crippen molar-refractivity contribution in [2.24, 2.45) is 0 Å². The summed E-state index contributed by atoms with van der Waals surface area (Å²) in [7, 11) is 0. The lowest BCUT2D eigenvalue weighted by atomic mass is 10.3. The molecule has 76 valence electrons. The topological polar surface area (TPSA) is 29.5 Å². The minimum absolute atomic E-state index is 0.168. The number of hydrogen-bond acceptors (Lipinski definition) is 3. The first kappa shape index (κ1) is 12.2. The first-order chi connectivity index (χ1) is 6.11. The molecule has 0 atom stereocenters. The predicted molar refractivity (Wildman–Crippen MR) is 53.5 cm³/mol. The van der Waals surface area contributed by atoms with E-state index in [0.717, 1.165) is 6.54 Å². The average Bonchev–Trinajstić information content (AvgIpc) is 2.04. The molecule has 0 aliphatic heterocycles. The van der Waals surface area contributed by atoms with E-state index >= 15 is 0 Å². The highest BCUT2D eigenvalue weighted by Gasteiger charge is 2.12. The van der Waals surface area contributed by atoms with Crippen LogP contribution in [0.15, 0.2) is 12.7 Å². The van der Waals surface area contributed by atoms with Gasteiger partial charge in [0.05, 0.1) is 13.2 Å². The van der Waals surface area contributed by atoms with E-state index in [4.69, 9.17) is 4.74 Å². The number of rotatable bonds is 6. The highest BCUT2D eigenvalue weighted by Crippen LogP contribution is 1.98. The Morgan fingerprint density at radius 3 is 2.62 bits per heavy atom. The van der Waals surface area contributed by atoms with E-state index in [0.29, 0.717) is 19.2 Å². The van der Waals surface area contributed by atoms with Gasteiger partial charge in [-0.05, 0) is 20.8 Å². The van der Waals surface area contributed by atoms with Crippen LogP contribution in [0.1, 0.15) is 20.8 Å². The Balaban J connectivity index is 3.93. The van der Waals surface area contributed by atoms with Gasteiger partial charge in [0.25, 0.3) is 0 Å². The Bertz CT molecular complexity index is 166. The minimum atomic E-state index is -0.168. The highest BCUT2D eigenvalue weighted by atomic mass is 16.5. The van der Waals surface area contributed by atoms with E-state index in [1.165, 1.54) is 0 Å². The molecular formula is C10H19NO2. The fourth-order valence-electron chi connectivity index (χ4n) is 0.996. The Labute approximate surface area is 80.4 Å². The van der Waals surface area contributed by atoms with Crippen molar-refractivity contribution < 1.29 is 9.53 Å². The lowest BCUT2D eigenvalue weighted by Gasteiger charge is -2.23. The van der Waals surface area contributed by atoms with Crippen molar-refractivity contribution in [2.75, 3.05) is 19.7 Å². The number of ether oxygens (including phenoxy) is 1. The van der Waals surface area contributed by atoms with E-state index in [2.05, 4.69) is 6.58 Å². The van der Waals surface area contributed by atoms with Gasteiger partial charge in [0.1, 0.15) is 0 Å². The lowest BCUT2D eigenvalue weighted by molar-refractivity contribution is -0.144. The van der Waals surface area contributed by atoms with Gasteiger partial charge in [0, 0.05) is 12.6 Å². The molecule has 0 saturated heterocycles.